The topological polar surface area (TPSA) is 83.5 Å². The maximum Gasteiger partial charge on any atom is 0.348 e. The smallest absolute Gasteiger partial charge is 0.348 e. The molecule has 0 bridgehead atoms. The van der Waals surface area contributed by atoms with Crippen molar-refractivity contribution < 1.29 is 19.1 Å². The van der Waals surface area contributed by atoms with Gasteiger partial charge in [0.25, 0.3) is 5.91 Å². The molecule has 2 heterocycles. The van der Waals surface area contributed by atoms with Crippen molar-refractivity contribution in [2.24, 2.45) is 4.99 Å². The lowest BCUT2D eigenvalue weighted by Crippen LogP contribution is -2.32. The molecule has 1 N–H and O–H groups in total. The predicted molar refractivity (Wildman–Crippen MR) is 118 cm³/mol. The quantitative estimate of drug-likeness (QED) is 0.786. The standard InChI is InChI=1S/C24H24N4O4/c1-31-18-7-4-5-16(13-18)14-27-11-12-28-15-21(32-24(28)26-23(27)30)22(29)25-20-10-9-17-6-2-3-8-19(17)20/h2-8,13,15,20H,9-12,14H2,1H3,(H,25,29). The van der Waals surface area contributed by atoms with Gasteiger partial charge in [-0.3, -0.25) is 9.69 Å². The number of urea groups is 1. The number of benzene rings is 2. The molecule has 0 spiro atoms. The van der Waals surface area contributed by atoms with E-state index in [1.54, 1.807) is 23.1 Å². The van der Waals surface area contributed by atoms with Gasteiger partial charge >= 0.3 is 12.1 Å². The summed E-state index contributed by atoms with van der Waals surface area (Å²) < 4.78 is 10.9. The number of rotatable bonds is 5. The van der Waals surface area contributed by atoms with E-state index in [2.05, 4.69) is 16.4 Å². The van der Waals surface area contributed by atoms with Crippen molar-refractivity contribution in [3.05, 3.63) is 77.2 Å². The van der Waals surface area contributed by atoms with E-state index in [1.807, 2.05) is 42.5 Å². The van der Waals surface area contributed by atoms with Crippen LogP contribution < -0.4 is 10.1 Å². The van der Waals surface area contributed by atoms with E-state index in [9.17, 15) is 9.59 Å². The Bertz CT molecular complexity index is 1130. The van der Waals surface area contributed by atoms with Gasteiger partial charge in [-0.2, -0.15) is 0 Å². The molecule has 1 atom stereocenters. The number of amidine groups is 1. The van der Waals surface area contributed by atoms with Gasteiger partial charge in [0.1, 0.15) is 5.75 Å². The van der Waals surface area contributed by atoms with Gasteiger partial charge < -0.3 is 19.7 Å². The van der Waals surface area contributed by atoms with Crippen molar-refractivity contribution in [2.45, 2.75) is 25.4 Å². The highest BCUT2D eigenvalue weighted by atomic mass is 16.5. The van der Waals surface area contributed by atoms with Gasteiger partial charge in [-0.15, -0.1) is 4.99 Å². The van der Waals surface area contributed by atoms with Crippen LogP contribution in [0.4, 0.5) is 4.79 Å². The van der Waals surface area contributed by atoms with Gasteiger partial charge in [-0.05, 0) is 41.7 Å². The fourth-order valence-electron chi connectivity index (χ4n) is 4.28. The van der Waals surface area contributed by atoms with Crippen LogP contribution in [0.15, 0.2) is 65.5 Å². The highest BCUT2D eigenvalue weighted by Crippen LogP contribution is 2.31. The maximum atomic E-state index is 12.8. The van der Waals surface area contributed by atoms with Crippen LogP contribution in [-0.4, -0.2) is 48.0 Å². The number of ether oxygens (including phenoxy) is 2. The highest BCUT2D eigenvalue weighted by Gasteiger charge is 2.33. The zero-order chi connectivity index (χ0) is 22.1. The summed E-state index contributed by atoms with van der Waals surface area (Å²) in [7, 11) is 1.61. The lowest BCUT2D eigenvalue weighted by atomic mass is 10.1. The summed E-state index contributed by atoms with van der Waals surface area (Å²) in [6, 6.07) is 15.4. The molecule has 0 radical (unpaired) electrons. The van der Waals surface area contributed by atoms with Gasteiger partial charge in [-0.1, -0.05) is 36.4 Å². The minimum Gasteiger partial charge on any atom is -0.497 e. The maximum absolute atomic E-state index is 12.8. The lowest BCUT2D eigenvalue weighted by molar-refractivity contribution is -0.120. The monoisotopic (exact) mass is 432 g/mol. The first-order valence-electron chi connectivity index (χ1n) is 10.7. The number of amides is 3. The number of carbonyl (C=O) groups excluding carboxylic acids is 2. The summed E-state index contributed by atoms with van der Waals surface area (Å²) in [5, 5.41) is 3.04. The summed E-state index contributed by atoms with van der Waals surface area (Å²) in [5.74, 6) is 0.592. The van der Waals surface area contributed by atoms with E-state index in [0.717, 1.165) is 29.7 Å². The van der Waals surface area contributed by atoms with Crippen LogP contribution in [-0.2, 0) is 22.5 Å². The van der Waals surface area contributed by atoms with E-state index in [-0.39, 0.29) is 23.7 Å². The third-order valence-electron chi connectivity index (χ3n) is 5.96. The fraction of sp³-hybridized carbons (Fsp3) is 0.292. The van der Waals surface area contributed by atoms with Crippen molar-refractivity contribution in [1.82, 2.24) is 15.1 Å². The van der Waals surface area contributed by atoms with E-state index < -0.39 is 6.03 Å². The molecule has 1 aliphatic carbocycles. The first-order chi connectivity index (χ1) is 15.6. The Balaban J connectivity index is 1.23. The molecule has 0 saturated heterocycles. The molecule has 0 aromatic heterocycles. The Morgan fingerprint density at radius 2 is 2.09 bits per heavy atom. The molecule has 3 amide bonds. The number of nitrogens with one attached hydrogen (secondary N) is 1. The van der Waals surface area contributed by atoms with E-state index in [1.165, 1.54) is 5.56 Å². The van der Waals surface area contributed by atoms with Crippen LogP contribution in [0.2, 0.25) is 0 Å². The van der Waals surface area contributed by atoms with Crippen LogP contribution in [0, 0.1) is 0 Å². The number of aryl methyl sites for hydroxylation is 1. The zero-order valence-corrected chi connectivity index (χ0v) is 17.8. The molecule has 2 aromatic rings. The molecule has 3 aliphatic rings. The molecule has 2 aromatic carbocycles. The van der Waals surface area contributed by atoms with Crippen LogP contribution in [0.3, 0.4) is 0 Å². The number of nitrogens with zero attached hydrogens (tertiary/aromatic N) is 3. The molecule has 5 rings (SSSR count). The Labute approximate surface area is 186 Å². The highest BCUT2D eigenvalue weighted by molar-refractivity contribution is 6.00. The molecule has 32 heavy (non-hydrogen) atoms. The number of methoxy groups -OCH3 is 1. The molecule has 164 valence electrons. The SMILES string of the molecule is COc1cccc(CN2CCN3C=C(C(=O)NC4CCc5ccccc54)OC3=NC2=O)c1. The van der Waals surface area contributed by atoms with Crippen LogP contribution in [0.1, 0.15) is 29.2 Å². The number of fused-ring (bicyclic) bond motifs is 2. The van der Waals surface area contributed by atoms with E-state index in [0.29, 0.717) is 19.6 Å². The Hall–Kier alpha value is -3.81. The molecule has 1 unspecified atom stereocenters. The Morgan fingerprint density at radius 1 is 1.22 bits per heavy atom. The summed E-state index contributed by atoms with van der Waals surface area (Å²) in [6.07, 6.45) is 3.43. The fourth-order valence-corrected chi connectivity index (χ4v) is 4.28. The summed E-state index contributed by atoms with van der Waals surface area (Å²) in [6.45, 7) is 1.35. The Morgan fingerprint density at radius 3 is 2.97 bits per heavy atom. The predicted octanol–water partition coefficient (Wildman–Crippen LogP) is 2.96. The zero-order valence-electron chi connectivity index (χ0n) is 17.8. The second-order valence-corrected chi connectivity index (χ2v) is 8.00. The average molecular weight is 432 g/mol. The number of hydrogen-bond acceptors (Lipinski definition) is 5. The summed E-state index contributed by atoms with van der Waals surface area (Å²) in [4.78, 5) is 32.9. The summed E-state index contributed by atoms with van der Waals surface area (Å²) >= 11 is 0. The second kappa shape index (κ2) is 8.37. The van der Waals surface area contributed by atoms with Crippen molar-refractivity contribution in [1.29, 1.82) is 0 Å². The number of aliphatic imine (C=N–C) groups is 1. The first kappa shape index (κ1) is 20.1. The van der Waals surface area contributed by atoms with Crippen molar-refractivity contribution in [2.75, 3.05) is 20.2 Å². The minimum atomic E-state index is -0.398. The van der Waals surface area contributed by atoms with Crippen molar-refractivity contribution >= 4 is 18.0 Å². The van der Waals surface area contributed by atoms with Crippen LogP contribution in [0.5, 0.6) is 5.75 Å². The lowest BCUT2D eigenvalue weighted by Gasteiger charge is -2.19. The van der Waals surface area contributed by atoms with Gasteiger partial charge in [0.2, 0.25) is 5.76 Å². The molecule has 2 aliphatic heterocycles. The van der Waals surface area contributed by atoms with Gasteiger partial charge in [-0.25, -0.2) is 4.79 Å². The molecule has 0 fully saturated rings. The molecule has 8 nitrogen and oxygen atoms in total. The molecular formula is C24H24N4O4. The third kappa shape index (κ3) is 3.91. The number of hydrogen-bond donors (Lipinski definition) is 1. The van der Waals surface area contributed by atoms with Gasteiger partial charge in [0.05, 0.1) is 19.4 Å². The molecular weight excluding hydrogens is 408 g/mol. The van der Waals surface area contributed by atoms with Crippen molar-refractivity contribution in [3.63, 3.8) is 0 Å². The van der Waals surface area contributed by atoms with Crippen LogP contribution >= 0.6 is 0 Å². The minimum absolute atomic E-state index is 0.0365. The second-order valence-electron chi connectivity index (χ2n) is 8.00. The number of carbonyl (C=O) groups is 2. The molecule has 0 saturated carbocycles. The summed E-state index contributed by atoms with van der Waals surface area (Å²) in [5.41, 5.74) is 3.36. The third-order valence-corrected chi connectivity index (χ3v) is 5.96. The van der Waals surface area contributed by atoms with Crippen LogP contribution in [0.25, 0.3) is 0 Å². The van der Waals surface area contributed by atoms with E-state index in [4.69, 9.17) is 9.47 Å². The van der Waals surface area contributed by atoms with Gasteiger partial charge in [0.15, 0.2) is 0 Å². The Kier molecular flexibility index (Phi) is 5.26. The van der Waals surface area contributed by atoms with Gasteiger partial charge in [0, 0.05) is 19.6 Å². The normalized spacial score (nSPS) is 19.4. The molecule has 8 heteroatoms. The average Bonchev–Trinajstić information content (AvgIpc) is 3.37. The van der Waals surface area contributed by atoms with Crippen molar-refractivity contribution in [3.8, 4) is 5.75 Å². The largest absolute Gasteiger partial charge is 0.497 e. The first-order valence-corrected chi connectivity index (χ1v) is 10.7. The van der Waals surface area contributed by atoms with E-state index >= 15 is 0 Å².